The van der Waals surface area contributed by atoms with E-state index in [2.05, 4.69) is 0 Å². The second-order valence-electron chi connectivity index (χ2n) is 5.70. The quantitative estimate of drug-likeness (QED) is 0.651. The maximum absolute atomic E-state index is 11.8. The van der Waals surface area contributed by atoms with Crippen LogP contribution in [0.15, 0.2) is 0 Å². The van der Waals surface area contributed by atoms with Gasteiger partial charge in [-0.1, -0.05) is 20.8 Å². The van der Waals surface area contributed by atoms with Crippen molar-refractivity contribution in [2.75, 3.05) is 0 Å². The van der Waals surface area contributed by atoms with Crippen LogP contribution in [0.1, 0.15) is 33.6 Å². The Hall–Kier alpha value is -0.900. The summed E-state index contributed by atoms with van der Waals surface area (Å²) < 4.78 is 0. The third-order valence-corrected chi connectivity index (χ3v) is 4.92. The number of carbonyl (C=O) groups excluding carboxylic acids is 2. The highest BCUT2D eigenvalue weighted by Gasteiger charge is 2.72. The minimum atomic E-state index is -1.49. The number of rotatable bonds is 1. The first-order chi connectivity index (χ1) is 6.66. The fourth-order valence-electron chi connectivity index (χ4n) is 3.42. The highest BCUT2D eigenvalue weighted by atomic mass is 16.3. The van der Waals surface area contributed by atoms with E-state index in [1.54, 1.807) is 0 Å². The van der Waals surface area contributed by atoms with Crippen molar-refractivity contribution in [2.24, 2.45) is 22.5 Å². The Morgan fingerprint density at radius 1 is 1.47 bits per heavy atom. The van der Waals surface area contributed by atoms with Crippen molar-refractivity contribution in [3.63, 3.8) is 0 Å². The van der Waals surface area contributed by atoms with Gasteiger partial charge in [-0.25, -0.2) is 0 Å². The van der Waals surface area contributed by atoms with Gasteiger partial charge in [-0.2, -0.15) is 0 Å². The Kier molecular flexibility index (Phi) is 1.72. The molecular weight excluding hydrogens is 194 g/mol. The molecular formula is C11H17NO3. The molecule has 0 heterocycles. The first-order valence-corrected chi connectivity index (χ1v) is 5.22. The van der Waals surface area contributed by atoms with Crippen LogP contribution in [-0.2, 0) is 9.59 Å². The number of hydrogen-bond donors (Lipinski definition) is 2. The number of ketones is 1. The molecule has 2 fully saturated rings. The lowest BCUT2D eigenvalue weighted by atomic mass is 9.70. The van der Waals surface area contributed by atoms with Crippen molar-refractivity contribution in [3.05, 3.63) is 0 Å². The number of hydrogen-bond acceptors (Lipinski definition) is 3. The normalized spacial score (nSPS) is 47.2. The third-order valence-electron chi connectivity index (χ3n) is 4.92. The molecule has 2 aliphatic rings. The van der Waals surface area contributed by atoms with Crippen LogP contribution in [0.4, 0.5) is 0 Å². The molecule has 3 atom stereocenters. The summed E-state index contributed by atoms with van der Waals surface area (Å²) in [6.07, 6.45) is 0.439. The topological polar surface area (TPSA) is 80.4 Å². The lowest BCUT2D eigenvalue weighted by Gasteiger charge is -2.31. The van der Waals surface area contributed by atoms with E-state index in [4.69, 9.17) is 5.73 Å². The van der Waals surface area contributed by atoms with Crippen LogP contribution in [0.25, 0.3) is 0 Å². The van der Waals surface area contributed by atoms with Gasteiger partial charge >= 0.3 is 0 Å². The largest absolute Gasteiger partial charge is 0.380 e. The molecule has 0 radical (unpaired) electrons. The zero-order valence-corrected chi connectivity index (χ0v) is 9.33. The van der Waals surface area contributed by atoms with E-state index in [1.165, 1.54) is 0 Å². The molecule has 0 aromatic heterocycles. The summed E-state index contributed by atoms with van der Waals surface area (Å²) in [5, 5.41) is 10.3. The van der Waals surface area contributed by atoms with E-state index in [0.29, 0.717) is 0 Å². The van der Waals surface area contributed by atoms with Crippen LogP contribution in [0.3, 0.4) is 0 Å². The first-order valence-electron chi connectivity index (χ1n) is 5.22. The minimum absolute atomic E-state index is 0.142. The van der Waals surface area contributed by atoms with Crippen molar-refractivity contribution in [3.8, 4) is 0 Å². The van der Waals surface area contributed by atoms with Crippen LogP contribution in [-0.4, -0.2) is 22.4 Å². The molecule has 4 heteroatoms. The average Bonchev–Trinajstić information content (AvgIpc) is 2.34. The predicted octanol–water partition coefficient (Wildman–Crippen LogP) is 0.228. The van der Waals surface area contributed by atoms with Gasteiger partial charge < -0.3 is 10.8 Å². The SMILES string of the molecule is CC12CC(O)(C(N)=O)C(CC1=O)C2(C)C. The van der Waals surface area contributed by atoms with Crippen LogP contribution in [0.5, 0.6) is 0 Å². The van der Waals surface area contributed by atoms with Crippen molar-refractivity contribution in [1.82, 2.24) is 0 Å². The summed E-state index contributed by atoms with van der Waals surface area (Å²) in [7, 11) is 0. The molecule has 4 nitrogen and oxygen atoms in total. The first kappa shape index (κ1) is 10.6. The number of nitrogens with two attached hydrogens (primary N) is 1. The molecule has 2 bridgehead atoms. The number of carbonyl (C=O) groups is 2. The molecule has 3 unspecified atom stereocenters. The summed E-state index contributed by atoms with van der Waals surface area (Å²) in [4.78, 5) is 23.1. The van der Waals surface area contributed by atoms with Gasteiger partial charge in [0.1, 0.15) is 11.4 Å². The molecule has 3 N–H and O–H groups in total. The van der Waals surface area contributed by atoms with Crippen molar-refractivity contribution >= 4 is 11.7 Å². The standard InChI is InChI=1S/C11H17NO3/c1-9(2)6-4-7(13)10(9,3)5-11(6,15)8(12)14/h6,15H,4-5H2,1-3H3,(H2,12,14). The lowest BCUT2D eigenvalue weighted by Crippen LogP contribution is -2.50. The molecule has 1 amide bonds. The predicted molar refractivity (Wildman–Crippen MR) is 53.8 cm³/mol. The number of Topliss-reactive ketones (excluding diaryl/α,β-unsaturated/α-hetero) is 1. The zero-order chi connectivity index (χ0) is 11.6. The van der Waals surface area contributed by atoms with Crippen molar-refractivity contribution < 1.29 is 14.7 Å². The minimum Gasteiger partial charge on any atom is -0.380 e. The smallest absolute Gasteiger partial charge is 0.249 e. The van der Waals surface area contributed by atoms with Gasteiger partial charge in [-0.3, -0.25) is 9.59 Å². The summed E-state index contributed by atoms with van der Waals surface area (Å²) in [5.41, 5.74) is 2.79. The Labute approximate surface area is 88.8 Å². The fraction of sp³-hybridized carbons (Fsp3) is 0.818. The molecule has 0 saturated heterocycles. The maximum Gasteiger partial charge on any atom is 0.249 e. The zero-order valence-electron chi connectivity index (χ0n) is 9.33. The van der Waals surface area contributed by atoms with Gasteiger partial charge in [0.15, 0.2) is 0 Å². The Morgan fingerprint density at radius 3 is 2.27 bits per heavy atom. The lowest BCUT2D eigenvalue weighted by molar-refractivity contribution is -0.147. The number of amides is 1. The van der Waals surface area contributed by atoms with Crippen LogP contribution in [0, 0.1) is 16.7 Å². The van der Waals surface area contributed by atoms with Gasteiger partial charge in [0.05, 0.1) is 0 Å². The van der Waals surface area contributed by atoms with E-state index >= 15 is 0 Å². The van der Waals surface area contributed by atoms with Gasteiger partial charge in [-0.15, -0.1) is 0 Å². The molecule has 0 aromatic carbocycles. The van der Waals surface area contributed by atoms with Crippen molar-refractivity contribution in [1.29, 1.82) is 0 Å². The Balaban J connectivity index is 2.54. The van der Waals surface area contributed by atoms with Gasteiger partial charge in [0, 0.05) is 17.8 Å². The maximum atomic E-state index is 11.8. The second-order valence-corrected chi connectivity index (χ2v) is 5.70. The van der Waals surface area contributed by atoms with Crippen molar-refractivity contribution in [2.45, 2.75) is 39.2 Å². The molecule has 0 spiro atoms. The van der Waals surface area contributed by atoms with E-state index in [1.807, 2.05) is 20.8 Å². The summed E-state index contributed by atoms with van der Waals surface area (Å²) >= 11 is 0. The molecule has 84 valence electrons. The summed E-state index contributed by atoms with van der Waals surface area (Å²) in [6, 6.07) is 0. The fourth-order valence-corrected chi connectivity index (χ4v) is 3.42. The average molecular weight is 211 g/mol. The Morgan fingerprint density at radius 2 is 2.00 bits per heavy atom. The monoisotopic (exact) mass is 211 g/mol. The second kappa shape index (κ2) is 2.43. The molecule has 2 saturated carbocycles. The number of aliphatic hydroxyl groups is 1. The van der Waals surface area contributed by atoms with Crippen LogP contribution < -0.4 is 5.73 Å². The van der Waals surface area contributed by atoms with Crippen LogP contribution in [0.2, 0.25) is 0 Å². The number of fused-ring (bicyclic) bond motifs is 2. The molecule has 2 aliphatic carbocycles. The van der Waals surface area contributed by atoms with Gasteiger partial charge in [0.25, 0.3) is 0 Å². The summed E-state index contributed by atoms with van der Waals surface area (Å²) in [5.74, 6) is -0.889. The van der Waals surface area contributed by atoms with Gasteiger partial charge in [-0.05, 0) is 11.8 Å². The Bertz CT molecular complexity index is 363. The molecule has 0 aliphatic heterocycles. The molecule has 0 aromatic rings. The molecule has 2 rings (SSSR count). The highest BCUT2D eigenvalue weighted by Crippen LogP contribution is 2.67. The highest BCUT2D eigenvalue weighted by molar-refractivity contribution is 5.95. The van der Waals surface area contributed by atoms with E-state index in [9.17, 15) is 14.7 Å². The number of primary amides is 1. The van der Waals surface area contributed by atoms with Crippen LogP contribution >= 0.6 is 0 Å². The van der Waals surface area contributed by atoms with E-state index in [-0.39, 0.29) is 30.0 Å². The van der Waals surface area contributed by atoms with Gasteiger partial charge in [0.2, 0.25) is 5.91 Å². The van der Waals surface area contributed by atoms with E-state index in [0.717, 1.165) is 0 Å². The third kappa shape index (κ3) is 0.911. The molecule has 15 heavy (non-hydrogen) atoms. The van der Waals surface area contributed by atoms with E-state index < -0.39 is 16.9 Å². The summed E-state index contributed by atoms with van der Waals surface area (Å²) in [6.45, 7) is 5.70.